The van der Waals surface area contributed by atoms with Gasteiger partial charge in [-0.15, -0.1) is 0 Å². The SMILES string of the molecule is N#C/C(=C\c1ccc(O)c(O)c1)C(=O)NCCCCCCNC(=O)/C(C#N)=C/c1ccc(O)c(O)c1. The molecule has 0 aliphatic carbocycles. The monoisotopic (exact) mass is 490 g/mol. The van der Waals surface area contributed by atoms with Crippen molar-refractivity contribution in [3.05, 3.63) is 58.7 Å². The summed E-state index contributed by atoms with van der Waals surface area (Å²) in [5.41, 5.74) is 0.530. The van der Waals surface area contributed by atoms with Gasteiger partial charge in [-0.3, -0.25) is 9.59 Å². The van der Waals surface area contributed by atoms with Crippen LogP contribution < -0.4 is 10.6 Å². The Hall–Kier alpha value is -4.96. The summed E-state index contributed by atoms with van der Waals surface area (Å²) in [5, 5.41) is 61.4. The summed E-state index contributed by atoms with van der Waals surface area (Å²) < 4.78 is 0. The molecule has 10 heteroatoms. The first-order valence-corrected chi connectivity index (χ1v) is 11.1. The number of hydrogen-bond acceptors (Lipinski definition) is 8. The van der Waals surface area contributed by atoms with E-state index in [1.165, 1.54) is 48.6 Å². The Kier molecular flexibility index (Phi) is 10.4. The van der Waals surface area contributed by atoms with Crippen molar-refractivity contribution in [3.63, 3.8) is 0 Å². The molecular formula is C26H26N4O6. The molecule has 0 saturated carbocycles. The first-order chi connectivity index (χ1) is 17.2. The fourth-order valence-corrected chi connectivity index (χ4v) is 3.09. The van der Waals surface area contributed by atoms with Gasteiger partial charge in [0.15, 0.2) is 23.0 Å². The Balaban J connectivity index is 1.69. The maximum Gasteiger partial charge on any atom is 0.261 e. The number of unbranched alkanes of at least 4 members (excludes halogenated alkanes) is 3. The lowest BCUT2D eigenvalue weighted by atomic mass is 10.1. The molecule has 0 saturated heterocycles. The summed E-state index contributed by atoms with van der Waals surface area (Å²) in [5.74, 6) is -2.39. The zero-order valence-corrected chi connectivity index (χ0v) is 19.4. The van der Waals surface area contributed by atoms with Gasteiger partial charge in [0, 0.05) is 13.1 Å². The molecule has 0 heterocycles. The predicted octanol–water partition coefficient (Wildman–Crippen LogP) is 2.82. The topological polar surface area (TPSA) is 187 Å². The van der Waals surface area contributed by atoms with Crippen LogP contribution in [0.5, 0.6) is 23.0 Å². The zero-order chi connectivity index (χ0) is 26.5. The van der Waals surface area contributed by atoms with Gasteiger partial charge in [-0.1, -0.05) is 25.0 Å². The largest absolute Gasteiger partial charge is 0.504 e. The third-order valence-corrected chi connectivity index (χ3v) is 5.03. The van der Waals surface area contributed by atoms with Crippen molar-refractivity contribution in [2.24, 2.45) is 0 Å². The van der Waals surface area contributed by atoms with Crippen molar-refractivity contribution in [2.45, 2.75) is 25.7 Å². The van der Waals surface area contributed by atoms with Gasteiger partial charge < -0.3 is 31.1 Å². The van der Waals surface area contributed by atoms with Crippen molar-refractivity contribution >= 4 is 24.0 Å². The number of phenols is 4. The average Bonchev–Trinajstić information content (AvgIpc) is 2.86. The summed E-state index contributed by atoms with van der Waals surface area (Å²) >= 11 is 0. The van der Waals surface area contributed by atoms with E-state index >= 15 is 0 Å². The van der Waals surface area contributed by atoms with E-state index in [1.807, 2.05) is 12.1 Å². The van der Waals surface area contributed by atoms with Crippen LogP contribution >= 0.6 is 0 Å². The molecule has 0 radical (unpaired) electrons. The van der Waals surface area contributed by atoms with Crippen LogP contribution in [-0.4, -0.2) is 45.3 Å². The molecule has 0 aromatic heterocycles. The Labute approximate surface area is 208 Å². The summed E-state index contributed by atoms with van der Waals surface area (Å²) in [6.45, 7) is 0.706. The molecule has 36 heavy (non-hydrogen) atoms. The third kappa shape index (κ3) is 8.43. The minimum absolute atomic E-state index is 0.133. The molecule has 2 amide bonds. The van der Waals surface area contributed by atoms with Gasteiger partial charge in [-0.25, -0.2) is 0 Å². The molecule has 6 N–H and O–H groups in total. The lowest BCUT2D eigenvalue weighted by molar-refractivity contribution is -0.117. The van der Waals surface area contributed by atoms with E-state index in [9.17, 15) is 40.5 Å². The van der Waals surface area contributed by atoms with Gasteiger partial charge in [0.1, 0.15) is 23.3 Å². The quantitative estimate of drug-likeness (QED) is 0.120. The standard InChI is InChI=1S/C26H26N4O6/c27-15-19(11-17-5-7-21(31)23(33)13-17)25(35)29-9-3-1-2-4-10-30-26(36)20(16-28)12-18-6-8-22(32)24(34)14-18/h5-8,11-14,31-34H,1-4,9-10H2,(H,29,35)(H,30,36)/b19-11+,20-12+. The number of hydrogen-bond donors (Lipinski definition) is 6. The highest BCUT2D eigenvalue weighted by Crippen LogP contribution is 2.26. The Morgan fingerprint density at radius 1 is 0.667 bits per heavy atom. The summed E-state index contributed by atoms with van der Waals surface area (Å²) in [6.07, 6.45) is 5.47. The second kappa shape index (κ2) is 13.7. The van der Waals surface area contributed by atoms with Crippen LogP contribution in [0.1, 0.15) is 36.8 Å². The molecular weight excluding hydrogens is 464 g/mol. The molecule has 10 nitrogen and oxygen atoms in total. The first-order valence-electron chi connectivity index (χ1n) is 11.1. The molecule has 0 unspecified atom stereocenters. The molecule has 0 aliphatic rings. The highest BCUT2D eigenvalue weighted by Gasteiger charge is 2.10. The number of benzene rings is 2. The predicted molar refractivity (Wildman–Crippen MR) is 131 cm³/mol. The number of nitriles is 2. The van der Waals surface area contributed by atoms with Gasteiger partial charge >= 0.3 is 0 Å². The van der Waals surface area contributed by atoms with Crippen LogP contribution in [-0.2, 0) is 9.59 Å². The van der Waals surface area contributed by atoms with E-state index in [0.717, 1.165) is 12.8 Å². The second-order valence-electron chi connectivity index (χ2n) is 7.76. The lowest BCUT2D eigenvalue weighted by Crippen LogP contribution is -2.26. The molecule has 0 aliphatic heterocycles. The normalized spacial score (nSPS) is 11.3. The number of carbonyl (C=O) groups excluding carboxylic acids is 2. The molecule has 2 aromatic rings. The molecule has 186 valence electrons. The van der Waals surface area contributed by atoms with Crippen molar-refractivity contribution in [1.82, 2.24) is 10.6 Å². The lowest BCUT2D eigenvalue weighted by Gasteiger charge is -2.06. The van der Waals surface area contributed by atoms with Gasteiger partial charge in [0.25, 0.3) is 11.8 Å². The number of carbonyl (C=O) groups is 2. The number of nitrogens with one attached hydrogen (secondary N) is 2. The zero-order valence-electron chi connectivity index (χ0n) is 19.4. The highest BCUT2D eigenvalue weighted by atomic mass is 16.3. The maximum absolute atomic E-state index is 12.2. The minimum Gasteiger partial charge on any atom is -0.504 e. The Bertz CT molecular complexity index is 1160. The number of nitrogens with zero attached hydrogens (tertiary/aromatic N) is 2. The van der Waals surface area contributed by atoms with Crippen LogP contribution in [0.4, 0.5) is 0 Å². The molecule has 2 aromatic carbocycles. The number of aromatic hydroxyl groups is 4. The van der Waals surface area contributed by atoms with E-state index in [1.54, 1.807) is 0 Å². The van der Waals surface area contributed by atoms with Crippen molar-refractivity contribution in [2.75, 3.05) is 13.1 Å². The van der Waals surface area contributed by atoms with Crippen LogP contribution in [0, 0.1) is 22.7 Å². The highest BCUT2D eigenvalue weighted by molar-refractivity contribution is 6.02. The first kappa shape index (κ1) is 27.3. The molecule has 2 rings (SSSR count). The molecule has 0 atom stereocenters. The summed E-state index contributed by atoms with van der Waals surface area (Å²) in [6, 6.07) is 11.6. The number of rotatable bonds is 11. The van der Waals surface area contributed by atoms with Crippen molar-refractivity contribution < 1.29 is 30.0 Å². The maximum atomic E-state index is 12.2. The third-order valence-electron chi connectivity index (χ3n) is 5.03. The van der Waals surface area contributed by atoms with Gasteiger partial charge in [-0.2, -0.15) is 10.5 Å². The van der Waals surface area contributed by atoms with E-state index in [-0.39, 0.29) is 34.1 Å². The van der Waals surface area contributed by atoms with Gasteiger partial charge in [0.2, 0.25) is 0 Å². The summed E-state index contributed by atoms with van der Waals surface area (Å²) in [4.78, 5) is 24.4. The Morgan fingerprint density at radius 3 is 1.39 bits per heavy atom. The smallest absolute Gasteiger partial charge is 0.261 e. The summed E-state index contributed by atoms with van der Waals surface area (Å²) in [7, 11) is 0. The minimum atomic E-state index is -0.546. The van der Waals surface area contributed by atoms with E-state index in [2.05, 4.69) is 10.6 Å². The Morgan fingerprint density at radius 2 is 1.06 bits per heavy atom. The van der Waals surface area contributed by atoms with Crippen molar-refractivity contribution in [1.29, 1.82) is 10.5 Å². The van der Waals surface area contributed by atoms with Crippen LogP contribution in [0.15, 0.2) is 47.5 Å². The number of phenolic OH excluding ortho intramolecular Hbond substituents is 4. The molecule has 0 spiro atoms. The number of amides is 2. The van der Waals surface area contributed by atoms with Crippen LogP contribution in [0.2, 0.25) is 0 Å². The van der Waals surface area contributed by atoms with Crippen LogP contribution in [0.25, 0.3) is 12.2 Å². The molecule has 0 fully saturated rings. The van der Waals surface area contributed by atoms with Gasteiger partial charge in [-0.05, 0) is 60.4 Å². The second-order valence-corrected chi connectivity index (χ2v) is 7.76. The molecule has 0 bridgehead atoms. The van der Waals surface area contributed by atoms with E-state index in [4.69, 9.17) is 0 Å². The fourth-order valence-electron chi connectivity index (χ4n) is 3.09. The van der Waals surface area contributed by atoms with Gasteiger partial charge in [0.05, 0.1) is 0 Å². The average molecular weight is 491 g/mol. The van der Waals surface area contributed by atoms with E-state index < -0.39 is 11.8 Å². The van der Waals surface area contributed by atoms with E-state index in [0.29, 0.717) is 37.1 Å². The van der Waals surface area contributed by atoms with Crippen molar-refractivity contribution in [3.8, 4) is 35.1 Å². The van der Waals surface area contributed by atoms with Crippen LogP contribution in [0.3, 0.4) is 0 Å². The fraction of sp³-hybridized carbons (Fsp3) is 0.231.